The minimum atomic E-state index is -3.82. The molecular weight excluding hydrogens is 288 g/mol. The molecule has 0 aliphatic carbocycles. The van der Waals surface area contributed by atoms with Gasteiger partial charge in [0.2, 0.25) is 0 Å². The maximum absolute atomic E-state index is 12.3. The van der Waals surface area contributed by atoms with Crippen molar-refractivity contribution < 1.29 is 13.5 Å². The average molecular weight is 302 g/mol. The number of anilines is 1. The van der Waals surface area contributed by atoms with Gasteiger partial charge in [-0.2, -0.15) is 5.26 Å². The molecule has 108 valence electrons. The summed E-state index contributed by atoms with van der Waals surface area (Å²) in [7, 11) is -3.82. The van der Waals surface area contributed by atoms with Gasteiger partial charge in [-0.25, -0.2) is 8.42 Å². The summed E-state index contributed by atoms with van der Waals surface area (Å²) in [5.41, 5.74) is 1.94. The Bertz CT molecular complexity index is 836. The van der Waals surface area contributed by atoms with Crippen molar-refractivity contribution in [2.75, 3.05) is 4.72 Å². The number of hydrogen-bond acceptors (Lipinski definition) is 4. The molecule has 5 nitrogen and oxygen atoms in total. The molecule has 0 aliphatic rings. The number of nitriles is 1. The maximum atomic E-state index is 12.3. The molecule has 2 rings (SSSR count). The van der Waals surface area contributed by atoms with Gasteiger partial charge in [0.1, 0.15) is 5.75 Å². The van der Waals surface area contributed by atoms with E-state index in [9.17, 15) is 13.5 Å². The Morgan fingerprint density at radius 3 is 2.48 bits per heavy atom. The van der Waals surface area contributed by atoms with Crippen LogP contribution in [0.2, 0.25) is 0 Å². The summed E-state index contributed by atoms with van der Waals surface area (Å²) in [6.45, 7) is 3.46. The molecule has 21 heavy (non-hydrogen) atoms. The number of phenolic OH excluding ortho intramolecular Hbond substituents is 1. The van der Waals surface area contributed by atoms with Crippen LogP contribution in [-0.4, -0.2) is 13.5 Å². The summed E-state index contributed by atoms with van der Waals surface area (Å²) in [4.78, 5) is 0.0416. The van der Waals surface area contributed by atoms with Gasteiger partial charge in [-0.05, 0) is 55.3 Å². The van der Waals surface area contributed by atoms with Gasteiger partial charge >= 0.3 is 0 Å². The molecule has 0 aliphatic heterocycles. The molecule has 0 amide bonds. The molecule has 0 aromatic heterocycles. The Kier molecular flexibility index (Phi) is 3.87. The van der Waals surface area contributed by atoms with Gasteiger partial charge in [0.05, 0.1) is 22.2 Å². The molecule has 0 saturated carbocycles. The van der Waals surface area contributed by atoms with Crippen molar-refractivity contribution in [3.05, 3.63) is 53.1 Å². The summed E-state index contributed by atoms with van der Waals surface area (Å²) in [6, 6.07) is 10.9. The summed E-state index contributed by atoms with van der Waals surface area (Å²) >= 11 is 0. The number of nitrogens with one attached hydrogen (secondary N) is 1. The van der Waals surface area contributed by atoms with Gasteiger partial charge in [-0.1, -0.05) is 6.07 Å². The smallest absolute Gasteiger partial charge is 0.262 e. The van der Waals surface area contributed by atoms with Crippen LogP contribution in [0.15, 0.2) is 41.3 Å². The van der Waals surface area contributed by atoms with E-state index in [-0.39, 0.29) is 16.3 Å². The van der Waals surface area contributed by atoms with Crippen molar-refractivity contribution in [3.63, 3.8) is 0 Å². The van der Waals surface area contributed by atoms with Gasteiger partial charge in [-0.15, -0.1) is 0 Å². The van der Waals surface area contributed by atoms with Crippen molar-refractivity contribution in [2.24, 2.45) is 0 Å². The molecule has 0 saturated heterocycles. The van der Waals surface area contributed by atoms with E-state index in [0.717, 1.165) is 5.56 Å². The highest BCUT2D eigenvalue weighted by atomic mass is 32.2. The lowest BCUT2D eigenvalue weighted by atomic mass is 10.1. The molecule has 0 fully saturated rings. The third kappa shape index (κ3) is 3.15. The highest BCUT2D eigenvalue weighted by molar-refractivity contribution is 7.92. The second-order valence-electron chi connectivity index (χ2n) is 4.71. The lowest BCUT2D eigenvalue weighted by molar-refractivity contribution is 0.477. The highest BCUT2D eigenvalue weighted by Gasteiger charge is 2.17. The quantitative estimate of drug-likeness (QED) is 0.853. The molecule has 2 N–H and O–H groups in total. The third-order valence-corrected chi connectivity index (χ3v) is 4.39. The summed E-state index contributed by atoms with van der Waals surface area (Å²) < 4.78 is 27.0. The van der Waals surface area contributed by atoms with Crippen molar-refractivity contribution >= 4 is 15.7 Å². The Morgan fingerprint density at radius 2 is 1.86 bits per heavy atom. The molecule has 2 aromatic rings. The number of sulfonamides is 1. The fraction of sp³-hybridized carbons (Fsp3) is 0.133. The number of aromatic hydroxyl groups is 1. The van der Waals surface area contributed by atoms with Gasteiger partial charge in [-0.3, -0.25) is 4.72 Å². The lowest BCUT2D eigenvalue weighted by Crippen LogP contribution is -2.13. The van der Waals surface area contributed by atoms with Crippen molar-refractivity contribution in [1.82, 2.24) is 0 Å². The van der Waals surface area contributed by atoms with Crippen LogP contribution in [0.3, 0.4) is 0 Å². The van der Waals surface area contributed by atoms with E-state index in [1.807, 2.05) is 6.07 Å². The van der Waals surface area contributed by atoms with Crippen LogP contribution >= 0.6 is 0 Å². The Morgan fingerprint density at radius 1 is 1.14 bits per heavy atom. The summed E-state index contributed by atoms with van der Waals surface area (Å²) in [5.74, 6) is -0.144. The summed E-state index contributed by atoms with van der Waals surface area (Å²) in [5, 5.41) is 18.6. The molecule has 6 heteroatoms. The standard InChI is InChI=1S/C15H14N2O3S/c1-10-3-6-15(18)14(7-10)17-21(19,20)13-5-4-12(9-16)11(2)8-13/h3-8,17-18H,1-2H3. The number of rotatable bonds is 3. The second kappa shape index (κ2) is 5.46. The van der Waals surface area contributed by atoms with E-state index in [1.54, 1.807) is 26.0 Å². The third-order valence-electron chi connectivity index (χ3n) is 3.03. The monoisotopic (exact) mass is 302 g/mol. The minimum Gasteiger partial charge on any atom is -0.506 e. The molecule has 0 atom stereocenters. The van der Waals surface area contributed by atoms with Crippen LogP contribution in [0.1, 0.15) is 16.7 Å². The predicted octanol–water partition coefficient (Wildman–Crippen LogP) is 2.68. The number of aryl methyl sites for hydroxylation is 2. The van der Waals surface area contributed by atoms with E-state index in [0.29, 0.717) is 11.1 Å². The Labute approximate surface area is 123 Å². The molecule has 2 aromatic carbocycles. The van der Waals surface area contributed by atoms with E-state index in [2.05, 4.69) is 4.72 Å². The highest BCUT2D eigenvalue weighted by Crippen LogP contribution is 2.27. The van der Waals surface area contributed by atoms with Crippen LogP contribution in [0, 0.1) is 25.2 Å². The molecular formula is C15H14N2O3S. The normalized spacial score (nSPS) is 10.9. The van der Waals surface area contributed by atoms with Gasteiger partial charge in [0, 0.05) is 0 Å². The van der Waals surface area contributed by atoms with E-state index in [4.69, 9.17) is 5.26 Å². The second-order valence-corrected chi connectivity index (χ2v) is 6.40. The van der Waals surface area contributed by atoms with E-state index >= 15 is 0 Å². The topological polar surface area (TPSA) is 90.2 Å². The number of nitrogens with zero attached hydrogens (tertiary/aromatic N) is 1. The lowest BCUT2D eigenvalue weighted by Gasteiger charge is -2.11. The number of hydrogen-bond donors (Lipinski definition) is 2. The summed E-state index contributed by atoms with van der Waals surface area (Å²) in [6.07, 6.45) is 0. The average Bonchev–Trinajstić information content (AvgIpc) is 2.42. The first-order valence-corrected chi connectivity index (χ1v) is 7.65. The first kappa shape index (κ1) is 14.9. The fourth-order valence-electron chi connectivity index (χ4n) is 1.86. The van der Waals surface area contributed by atoms with Crippen LogP contribution in [0.25, 0.3) is 0 Å². The zero-order valence-electron chi connectivity index (χ0n) is 11.6. The van der Waals surface area contributed by atoms with Gasteiger partial charge in [0.15, 0.2) is 0 Å². The van der Waals surface area contributed by atoms with Crippen LogP contribution < -0.4 is 4.72 Å². The minimum absolute atomic E-state index is 0.0416. The van der Waals surface area contributed by atoms with Crippen molar-refractivity contribution in [2.45, 2.75) is 18.7 Å². The van der Waals surface area contributed by atoms with E-state index in [1.165, 1.54) is 24.3 Å². The molecule has 0 heterocycles. The SMILES string of the molecule is Cc1ccc(O)c(NS(=O)(=O)c2ccc(C#N)c(C)c2)c1. The molecule has 0 bridgehead atoms. The van der Waals surface area contributed by atoms with Crippen molar-refractivity contribution in [3.8, 4) is 11.8 Å². The molecule has 0 spiro atoms. The van der Waals surface area contributed by atoms with Crippen molar-refractivity contribution in [1.29, 1.82) is 5.26 Å². The van der Waals surface area contributed by atoms with Crippen LogP contribution in [0.4, 0.5) is 5.69 Å². The zero-order valence-corrected chi connectivity index (χ0v) is 12.4. The number of benzene rings is 2. The van der Waals surface area contributed by atoms with Crippen LogP contribution in [0.5, 0.6) is 5.75 Å². The first-order chi connectivity index (χ1) is 9.83. The maximum Gasteiger partial charge on any atom is 0.262 e. The zero-order chi connectivity index (χ0) is 15.6. The predicted molar refractivity (Wildman–Crippen MR) is 79.5 cm³/mol. The fourth-order valence-corrected chi connectivity index (χ4v) is 3.01. The number of phenols is 1. The Balaban J connectivity index is 2.41. The Hall–Kier alpha value is -2.52. The van der Waals surface area contributed by atoms with Crippen LogP contribution in [-0.2, 0) is 10.0 Å². The van der Waals surface area contributed by atoms with Gasteiger partial charge in [0.25, 0.3) is 10.0 Å². The molecule has 0 unspecified atom stereocenters. The largest absolute Gasteiger partial charge is 0.506 e. The van der Waals surface area contributed by atoms with Gasteiger partial charge < -0.3 is 5.11 Å². The molecule has 0 radical (unpaired) electrons. The first-order valence-electron chi connectivity index (χ1n) is 6.16. The van der Waals surface area contributed by atoms with E-state index < -0.39 is 10.0 Å².